The molecule has 0 aliphatic carbocycles. The topological polar surface area (TPSA) is 206 Å². The molecule has 2 aromatic rings. The lowest BCUT2D eigenvalue weighted by Gasteiger charge is -2.23. The number of carboxylic acids is 1. The van der Waals surface area contributed by atoms with Crippen molar-refractivity contribution in [3.05, 3.63) is 10.4 Å². The van der Waals surface area contributed by atoms with Gasteiger partial charge in [0, 0.05) is 12.7 Å². The molecule has 3 heterocycles. The third-order valence-corrected chi connectivity index (χ3v) is 7.68. The summed E-state index contributed by atoms with van der Waals surface area (Å²) in [7, 11) is -4.21. The third-order valence-electron chi connectivity index (χ3n) is 4.37. The zero-order valence-corrected chi connectivity index (χ0v) is 20.0. The molecule has 3 unspecified atom stereocenters. The van der Waals surface area contributed by atoms with E-state index in [4.69, 9.17) is 18.5 Å². The SMILES string of the molecule is CCOP(=O)(OCC)C(Nc1nn(O)c2c(=O)n(C3CSC(COC(C)=O)O3)nnc12)C(=O)O. The van der Waals surface area contributed by atoms with Gasteiger partial charge in [0.15, 0.2) is 23.1 Å². The number of hydrogen-bond acceptors (Lipinski definition) is 14. The molecule has 1 aliphatic heterocycles. The van der Waals surface area contributed by atoms with Gasteiger partial charge in [-0.1, -0.05) is 10.1 Å². The minimum absolute atomic E-state index is 0.0246. The highest BCUT2D eigenvalue weighted by molar-refractivity contribution is 8.00. The number of anilines is 1. The highest BCUT2D eigenvalue weighted by Crippen LogP contribution is 2.53. The van der Waals surface area contributed by atoms with Crippen LogP contribution < -0.4 is 10.9 Å². The molecule has 18 heteroatoms. The number of carbonyl (C=O) groups excluding carboxylic acids is 1. The quantitative estimate of drug-likeness (QED) is 0.208. The number of fused-ring (bicyclic) bond motifs is 1. The molecule has 16 nitrogen and oxygen atoms in total. The van der Waals surface area contributed by atoms with Crippen molar-refractivity contribution in [1.82, 2.24) is 24.9 Å². The predicted molar refractivity (Wildman–Crippen MR) is 116 cm³/mol. The van der Waals surface area contributed by atoms with Crippen molar-refractivity contribution in [2.45, 2.75) is 38.2 Å². The van der Waals surface area contributed by atoms with E-state index in [2.05, 4.69) is 20.7 Å². The summed E-state index contributed by atoms with van der Waals surface area (Å²) in [5.74, 6) is -4.07. The summed E-state index contributed by atoms with van der Waals surface area (Å²) in [4.78, 5) is 36.0. The van der Waals surface area contributed by atoms with Gasteiger partial charge in [-0.05, 0) is 13.8 Å². The first kappa shape index (κ1) is 25.9. The molecule has 0 saturated carbocycles. The first-order valence-electron chi connectivity index (χ1n) is 9.97. The van der Waals surface area contributed by atoms with Crippen LogP contribution in [0.1, 0.15) is 27.0 Å². The number of aromatic nitrogens is 5. The Morgan fingerprint density at radius 3 is 2.62 bits per heavy atom. The molecule has 3 atom stereocenters. The summed E-state index contributed by atoms with van der Waals surface area (Å²) in [5.41, 5.74) is -2.08. The fraction of sp³-hybridized carbons (Fsp3) is 0.625. The van der Waals surface area contributed by atoms with E-state index in [1.807, 2.05) is 0 Å². The Hall–Kier alpha value is -2.72. The van der Waals surface area contributed by atoms with E-state index in [1.165, 1.54) is 32.5 Å². The molecule has 2 aromatic heterocycles. The fourth-order valence-electron chi connectivity index (χ4n) is 3.00. The highest BCUT2D eigenvalue weighted by Gasteiger charge is 2.43. The van der Waals surface area contributed by atoms with Crippen LogP contribution in [0, 0.1) is 0 Å². The molecular weight excluding hydrogens is 499 g/mol. The number of carbonyl (C=O) groups is 2. The van der Waals surface area contributed by atoms with Crippen LogP contribution in [-0.2, 0) is 32.7 Å². The number of esters is 1. The van der Waals surface area contributed by atoms with E-state index in [9.17, 15) is 29.3 Å². The molecule has 0 aromatic carbocycles. The summed E-state index contributed by atoms with van der Waals surface area (Å²) in [6.45, 7) is 4.06. The Balaban J connectivity index is 1.91. The fourth-order valence-corrected chi connectivity index (χ4v) is 5.62. The van der Waals surface area contributed by atoms with Crippen LogP contribution in [0.5, 0.6) is 0 Å². The molecule has 0 radical (unpaired) electrons. The molecule has 1 fully saturated rings. The van der Waals surface area contributed by atoms with Crippen LogP contribution in [0.2, 0.25) is 0 Å². The number of hydrogen-bond donors (Lipinski definition) is 3. The first-order valence-corrected chi connectivity index (χ1v) is 12.6. The standard InChI is InChI=1S/C16H23N6O10PS/c1-4-30-33(28,31-5-2)14(16(25)26)17-13-11-12(22(27)19-13)15(24)21(20-18-11)9-7-34-10(32-9)6-29-8(3)23/h9-10,14,27H,4-7H2,1-3H3,(H,17,19)(H,25,26). The predicted octanol–water partition coefficient (Wildman–Crippen LogP) is 0.465. The zero-order valence-electron chi connectivity index (χ0n) is 18.3. The van der Waals surface area contributed by atoms with Gasteiger partial charge >= 0.3 is 25.1 Å². The lowest BCUT2D eigenvalue weighted by molar-refractivity contribution is -0.144. The molecule has 0 spiro atoms. The van der Waals surface area contributed by atoms with Gasteiger partial charge in [0.1, 0.15) is 12.0 Å². The number of thioether (sulfide) groups is 1. The summed E-state index contributed by atoms with van der Waals surface area (Å²) in [5, 5.41) is 33.5. The summed E-state index contributed by atoms with van der Waals surface area (Å²) in [6.07, 6.45) is -0.871. The van der Waals surface area contributed by atoms with Gasteiger partial charge in [0.25, 0.3) is 0 Å². The number of aliphatic carboxylic acids is 1. The highest BCUT2D eigenvalue weighted by atomic mass is 32.2. The monoisotopic (exact) mass is 522 g/mol. The lowest BCUT2D eigenvalue weighted by atomic mass is 10.4. The van der Waals surface area contributed by atoms with E-state index >= 15 is 0 Å². The van der Waals surface area contributed by atoms with E-state index in [-0.39, 0.29) is 41.8 Å². The van der Waals surface area contributed by atoms with Crippen molar-refractivity contribution in [2.24, 2.45) is 0 Å². The summed E-state index contributed by atoms with van der Waals surface area (Å²) in [6, 6.07) is 0. The average molecular weight is 522 g/mol. The summed E-state index contributed by atoms with van der Waals surface area (Å²) >= 11 is 1.29. The number of nitrogens with zero attached hydrogens (tertiary/aromatic N) is 5. The number of rotatable bonds is 11. The van der Waals surface area contributed by atoms with Crippen LogP contribution in [0.25, 0.3) is 11.0 Å². The normalized spacial score (nSPS) is 19.3. The van der Waals surface area contributed by atoms with E-state index in [1.54, 1.807) is 0 Å². The van der Waals surface area contributed by atoms with Gasteiger partial charge in [0.05, 0.1) is 13.2 Å². The number of nitrogens with one attached hydrogen (secondary N) is 1. The van der Waals surface area contributed by atoms with Crippen LogP contribution in [-0.4, -0.2) is 84.0 Å². The maximum atomic E-state index is 13.0. The number of ether oxygens (including phenoxy) is 2. The number of carboxylic acid groups (broad SMARTS) is 1. The summed E-state index contributed by atoms with van der Waals surface area (Å²) < 4.78 is 34.6. The Labute approximate surface area is 196 Å². The van der Waals surface area contributed by atoms with Crippen LogP contribution in [0.3, 0.4) is 0 Å². The Morgan fingerprint density at radius 2 is 2.03 bits per heavy atom. The molecule has 3 N–H and O–H groups in total. The average Bonchev–Trinajstić information content (AvgIpc) is 3.35. The molecule has 188 valence electrons. The minimum atomic E-state index is -4.21. The van der Waals surface area contributed by atoms with Gasteiger partial charge < -0.3 is 34.2 Å². The first-order chi connectivity index (χ1) is 16.1. The molecule has 0 amide bonds. The molecule has 34 heavy (non-hydrogen) atoms. The van der Waals surface area contributed by atoms with Crippen molar-refractivity contribution in [3.63, 3.8) is 0 Å². The second kappa shape index (κ2) is 10.7. The van der Waals surface area contributed by atoms with Gasteiger partial charge in [-0.15, -0.1) is 22.0 Å². The lowest BCUT2D eigenvalue weighted by Crippen LogP contribution is -2.32. The van der Waals surface area contributed by atoms with Crippen LogP contribution in [0.15, 0.2) is 4.79 Å². The Morgan fingerprint density at radius 1 is 1.35 bits per heavy atom. The van der Waals surface area contributed by atoms with E-state index in [0.29, 0.717) is 0 Å². The van der Waals surface area contributed by atoms with E-state index < -0.39 is 48.1 Å². The van der Waals surface area contributed by atoms with Crippen molar-refractivity contribution < 1.29 is 43.0 Å². The molecule has 3 rings (SSSR count). The Kier molecular flexibility index (Phi) is 8.14. The maximum Gasteiger partial charge on any atom is 0.364 e. The van der Waals surface area contributed by atoms with Crippen molar-refractivity contribution in [1.29, 1.82) is 0 Å². The third kappa shape index (κ3) is 5.33. The largest absolute Gasteiger partial charge is 0.479 e. The molecule has 1 saturated heterocycles. The van der Waals surface area contributed by atoms with Gasteiger partial charge in [0.2, 0.25) is 5.78 Å². The van der Waals surface area contributed by atoms with Crippen LogP contribution in [0.4, 0.5) is 5.82 Å². The van der Waals surface area contributed by atoms with Gasteiger partial charge in [-0.3, -0.25) is 14.2 Å². The maximum absolute atomic E-state index is 13.0. The molecular formula is C16H23N6O10PS. The smallest absolute Gasteiger partial charge is 0.364 e. The molecule has 0 bridgehead atoms. The Bertz CT molecular complexity index is 1160. The van der Waals surface area contributed by atoms with Crippen molar-refractivity contribution in [3.8, 4) is 0 Å². The van der Waals surface area contributed by atoms with Gasteiger partial charge in [-0.2, -0.15) is 4.68 Å². The van der Waals surface area contributed by atoms with E-state index in [0.717, 1.165) is 4.68 Å². The minimum Gasteiger partial charge on any atom is -0.479 e. The zero-order chi connectivity index (χ0) is 25.0. The van der Waals surface area contributed by atoms with Crippen LogP contribution >= 0.6 is 19.4 Å². The van der Waals surface area contributed by atoms with Gasteiger partial charge in [-0.25, -0.2) is 4.79 Å². The second-order valence-corrected chi connectivity index (χ2v) is 10.00. The van der Waals surface area contributed by atoms with Crippen molar-refractivity contribution >= 4 is 48.1 Å². The molecule has 1 aliphatic rings. The second-order valence-electron chi connectivity index (χ2n) is 6.69. The van der Waals surface area contributed by atoms with Crippen molar-refractivity contribution in [2.75, 3.05) is 30.9 Å².